The van der Waals surface area contributed by atoms with E-state index in [1.807, 2.05) is 37.7 Å². The molecule has 9 heteroatoms. The maximum atomic E-state index is 13.6. The van der Waals surface area contributed by atoms with Crippen molar-refractivity contribution < 1.29 is 13.6 Å². The molecule has 0 fully saturated rings. The number of aromatic nitrogens is 1. The first-order valence-corrected chi connectivity index (χ1v) is 13.1. The molecule has 0 spiro atoms. The number of carbonyl (C=O) groups excluding carboxylic acids is 1. The Hall–Kier alpha value is -3.30. The molecule has 0 aliphatic carbocycles. The number of nitrogens with two attached hydrogens (primary N) is 1. The molecule has 0 bridgehead atoms. The molecule has 0 saturated carbocycles. The fourth-order valence-corrected chi connectivity index (χ4v) is 4.34. The van der Waals surface area contributed by atoms with E-state index in [0.29, 0.717) is 22.0 Å². The summed E-state index contributed by atoms with van der Waals surface area (Å²) in [6, 6.07) is 16.3. The number of hydrogen-bond acceptors (Lipinski definition) is 4. The van der Waals surface area contributed by atoms with Crippen LogP contribution in [0.1, 0.15) is 28.5 Å². The zero-order valence-corrected chi connectivity index (χ0v) is 24.5. The van der Waals surface area contributed by atoms with E-state index in [0.717, 1.165) is 21.4 Å². The predicted molar refractivity (Wildman–Crippen MR) is 156 cm³/mol. The summed E-state index contributed by atoms with van der Waals surface area (Å²) < 4.78 is 30.6. The van der Waals surface area contributed by atoms with Crippen molar-refractivity contribution in [2.45, 2.75) is 20.4 Å². The third-order valence-corrected chi connectivity index (χ3v) is 6.98. The van der Waals surface area contributed by atoms with Crippen LogP contribution in [0.25, 0.3) is 10.9 Å². The highest BCUT2D eigenvalue weighted by Crippen LogP contribution is 2.23. The molecule has 2 N–H and O–H groups in total. The number of allylic oxidation sites excluding steroid dienone is 2. The highest BCUT2D eigenvalue weighted by atomic mass is 79.9. The minimum Gasteiger partial charge on any atom is -0.396 e. The molecule has 4 aromatic rings. The number of para-hydroxylation sites is 1. The van der Waals surface area contributed by atoms with Crippen molar-refractivity contribution >= 4 is 54.2 Å². The second kappa shape index (κ2) is 12.5. The summed E-state index contributed by atoms with van der Waals surface area (Å²) in [5, 5.41) is 0.628. The number of hydrogen-bond donors (Lipinski definition) is 1. The fraction of sp³-hybridized carbons (Fsp3) is 0.172. The van der Waals surface area contributed by atoms with Crippen LogP contribution < -0.4 is 11.2 Å². The van der Waals surface area contributed by atoms with Crippen LogP contribution in [-0.4, -0.2) is 29.3 Å². The summed E-state index contributed by atoms with van der Waals surface area (Å²) in [5.74, 6) is -1.26. The first-order valence-electron chi connectivity index (χ1n) is 11.6. The van der Waals surface area contributed by atoms with Crippen LogP contribution in [0, 0.1) is 18.6 Å². The highest BCUT2D eigenvalue weighted by molar-refractivity contribution is 9.10. The Bertz CT molecular complexity index is 1600. The van der Waals surface area contributed by atoms with E-state index in [4.69, 9.17) is 5.73 Å². The van der Waals surface area contributed by atoms with Gasteiger partial charge in [-0.25, -0.2) is 8.78 Å². The van der Waals surface area contributed by atoms with Crippen molar-refractivity contribution in [3.8, 4) is 0 Å². The van der Waals surface area contributed by atoms with Crippen LogP contribution in [0.15, 0.2) is 86.2 Å². The van der Waals surface area contributed by atoms with Crippen LogP contribution in [0.4, 0.5) is 14.5 Å². The summed E-state index contributed by atoms with van der Waals surface area (Å²) in [6.07, 6.45) is 1.42. The standard InChI is InChI=1S/C17H14BrFN2O.C12H13BrFNO/c1-10-7-16(22)13-6-5-12(18)8-15(13)21(10)9-11-3-2-4-14(19)17(11)20;1-8(15(2)3)6-12(16)10-5-4-9(13)7-11(10)14/h2-8H,9,20H2,1H3;4-7H,1-3H3/b;8-6+. The number of halogens is 4. The lowest BCUT2D eigenvalue weighted by Crippen LogP contribution is -2.14. The van der Waals surface area contributed by atoms with E-state index in [-0.39, 0.29) is 22.5 Å². The molecule has 0 radical (unpaired) electrons. The van der Waals surface area contributed by atoms with Gasteiger partial charge in [-0.15, -0.1) is 0 Å². The van der Waals surface area contributed by atoms with Crippen molar-refractivity contribution in [2.75, 3.05) is 19.8 Å². The largest absolute Gasteiger partial charge is 0.396 e. The summed E-state index contributed by atoms with van der Waals surface area (Å²) in [5.41, 5.74) is 9.10. The van der Waals surface area contributed by atoms with Gasteiger partial charge in [0.2, 0.25) is 0 Å². The first kappa shape index (κ1) is 29.3. The van der Waals surface area contributed by atoms with Gasteiger partial charge in [-0.1, -0.05) is 44.0 Å². The van der Waals surface area contributed by atoms with Crippen molar-refractivity contribution in [1.82, 2.24) is 9.47 Å². The summed E-state index contributed by atoms with van der Waals surface area (Å²) in [4.78, 5) is 25.7. The quantitative estimate of drug-likeness (QED) is 0.143. The number of carbonyl (C=O) groups is 1. The number of rotatable bonds is 5. The Kier molecular flexibility index (Phi) is 9.62. The van der Waals surface area contributed by atoms with Crippen LogP contribution in [0.2, 0.25) is 0 Å². The molecule has 5 nitrogen and oxygen atoms in total. The lowest BCUT2D eigenvalue weighted by Gasteiger charge is -2.16. The number of fused-ring (bicyclic) bond motifs is 1. The van der Waals surface area contributed by atoms with Gasteiger partial charge < -0.3 is 15.2 Å². The number of nitrogens with zero attached hydrogens (tertiary/aromatic N) is 2. The maximum absolute atomic E-state index is 13.6. The van der Waals surface area contributed by atoms with Crippen molar-refractivity contribution in [3.05, 3.63) is 120 Å². The van der Waals surface area contributed by atoms with Gasteiger partial charge in [-0.2, -0.15) is 0 Å². The Labute approximate surface area is 236 Å². The Morgan fingerprint density at radius 3 is 2.32 bits per heavy atom. The van der Waals surface area contributed by atoms with Crippen LogP contribution in [0.3, 0.4) is 0 Å². The third kappa shape index (κ3) is 6.96. The lowest BCUT2D eigenvalue weighted by molar-refractivity contribution is 0.104. The predicted octanol–water partition coefficient (Wildman–Crippen LogP) is 7.08. The lowest BCUT2D eigenvalue weighted by atomic mass is 10.1. The van der Waals surface area contributed by atoms with Crippen molar-refractivity contribution in [2.24, 2.45) is 0 Å². The highest BCUT2D eigenvalue weighted by Gasteiger charge is 2.12. The summed E-state index contributed by atoms with van der Waals surface area (Å²) in [7, 11) is 3.66. The van der Waals surface area contributed by atoms with Gasteiger partial charge in [0.15, 0.2) is 11.2 Å². The topological polar surface area (TPSA) is 68.3 Å². The molecule has 0 unspecified atom stereocenters. The summed E-state index contributed by atoms with van der Waals surface area (Å²) >= 11 is 6.57. The van der Waals surface area contributed by atoms with Gasteiger partial charge in [0.05, 0.1) is 16.8 Å². The number of ketones is 1. The molecule has 3 aromatic carbocycles. The van der Waals surface area contributed by atoms with E-state index in [1.165, 1.54) is 24.3 Å². The monoisotopic (exact) mass is 645 g/mol. The Morgan fingerprint density at radius 1 is 1.00 bits per heavy atom. The number of anilines is 1. The number of aryl methyl sites for hydroxylation is 1. The molecular weight excluding hydrogens is 620 g/mol. The smallest absolute Gasteiger partial charge is 0.190 e. The molecule has 1 aromatic heterocycles. The average Bonchev–Trinajstić information content (AvgIpc) is 2.84. The first-order chi connectivity index (χ1) is 17.9. The minimum atomic E-state index is -0.512. The maximum Gasteiger partial charge on any atom is 0.190 e. The SMILES string of the molecule is C/C(=C\C(=O)c1ccc(Br)cc1F)N(C)C.Cc1cc(=O)c2ccc(Br)cc2n1Cc1cccc(F)c1N. The van der Waals surface area contributed by atoms with Gasteiger partial charge in [-0.3, -0.25) is 9.59 Å². The van der Waals surface area contributed by atoms with Gasteiger partial charge in [0.1, 0.15) is 11.6 Å². The van der Waals surface area contributed by atoms with Crippen LogP contribution in [0.5, 0.6) is 0 Å². The molecule has 0 saturated heterocycles. The van der Waals surface area contributed by atoms with Gasteiger partial charge in [0.25, 0.3) is 0 Å². The number of nitrogen functional groups attached to an aromatic ring is 1. The van der Waals surface area contributed by atoms with Gasteiger partial charge in [0, 0.05) is 58.5 Å². The van der Waals surface area contributed by atoms with E-state index in [9.17, 15) is 18.4 Å². The average molecular weight is 647 g/mol. The second-order valence-corrected chi connectivity index (χ2v) is 10.7. The van der Waals surface area contributed by atoms with Crippen molar-refractivity contribution in [1.29, 1.82) is 0 Å². The molecule has 1 heterocycles. The van der Waals surface area contributed by atoms with Crippen LogP contribution >= 0.6 is 31.9 Å². The Morgan fingerprint density at radius 2 is 1.66 bits per heavy atom. The second-order valence-electron chi connectivity index (χ2n) is 8.88. The van der Waals surface area contributed by atoms with E-state index >= 15 is 0 Å². The normalized spacial score (nSPS) is 11.2. The molecule has 0 atom stereocenters. The van der Waals surface area contributed by atoms with E-state index < -0.39 is 11.6 Å². The van der Waals surface area contributed by atoms with Gasteiger partial charge in [-0.05, 0) is 61.9 Å². The third-order valence-electron chi connectivity index (χ3n) is 6.00. The molecule has 4 rings (SSSR count). The van der Waals surface area contributed by atoms with Crippen LogP contribution in [-0.2, 0) is 6.54 Å². The fourth-order valence-electron chi connectivity index (χ4n) is 3.66. The van der Waals surface area contributed by atoms with Crippen molar-refractivity contribution in [3.63, 3.8) is 0 Å². The number of pyridine rings is 1. The number of benzene rings is 3. The molecule has 0 aliphatic heterocycles. The van der Waals surface area contributed by atoms with E-state index in [2.05, 4.69) is 31.9 Å². The minimum absolute atomic E-state index is 0.0246. The molecule has 198 valence electrons. The molecule has 0 amide bonds. The zero-order valence-electron chi connectivity index (χ0n) is 21.4. The Balaban J connectivity index is 0.000000223. The van der Waals surface area contributed by atoms with E-state index in [1.54, 1.807) is 42.2 Å². The zero-order chi connectivity index (χ0) is 28.1. The van der Waals surface area contributed by atoms with Gasteiger partial charge >= 0.3 is 0 Å². The summed E-state index contributed by atoms with van der Waals surface area (Å²) in [6.45, 7) is 4.06. The molecule has 0 aliphatic rings. The molecular formula is C29H27Br2F2N3O2. The molecule has 38 heavy (non-hydrogen) atoms.